The highest BCUT2D eigenvalue weighted by Gasteiger charge is 2.47. The van der Waals surface area contributed by atoms with Crippen LogP contribution in [-0.2, 0) is 11.3 Å². The standard InChI is InChI=1S/C26H22F2N4O5/c27-17-5-4-14-16(21(17)28)12-29-8-11-37-19-3-1-2-15(23(19)29)22(14)32-20-13-36-10-9-30(20)26(35)24-25(34)18(33)6-7-31(24)32/h1-7,20,22,34H,8-13H2. The van der Waals surface area contributed by atoms with Crippen LogP contribution in [0.2, 0.25) is 0 Å². The Morgan fingerprint density at radius 1 is 1.00 bits per heavy atom. The summed E-state index contributed by atoms with van der Waals surface area (Å²) in [6.45, 7) is 1.67. The van der Waals surface area contributed by atoms with E-state index in [1.54, 1.807) is 16.0 Å². The summed E-state index contributed by atoms with van der Waals surface area (Å²) in [5.74, 6) is -2.43. The van der Waals surface area contributed by atoms with E-state index in [1.807, 2.05) is 23.1 Å². The number of aromatic nitrogens is 1. The molecule has 0 radical (unpaired) electrons. The van der Waals surface area contributed by atoms with Crippen molar-refractivity contribution in [2.45, 2.75) is 18.8 Å². The fourth-order valence-corrected chi connectivity index (χ4v) is 5.95. The molecule has 1 amide bonds. The van der Waals surface area contributed by atoms with E-state index in [0.717, 1.165) is 17.3 Å². The largest absolute Gasteiger partial charge is 0.502 e. The fourth-order valence-electron chi connectivity index (χ4n) is 5.95. The number of morpholine rings is 1. The van der Waals surface area contributed by atoms with Gasteiger partial charge in [-0.15, -0.1) is 0 Å². The van der Waals surface area contributed by atoms with E-state index in [-0.39, 0.29) is 37.6 Å². The van der Waals surface area contributed by atoms with E-state index in [2.05, 4.69) is 0 Å². The number of halogens is 2. The van der Waals surface area contributed by atoms with Gasteiger partial charge in [0, 0.05) is 36.5 Å². The van der Waals surface area contributed by atoms with Gasteiger partial charge in [0.05, 0.1) is 25.4 Å². The molecular weight excluding hydrogens is 486 g/mol. The topological polar surface area (TPSA) is 87.5 Å². The van der Waals surface area contributed by atoms with Crippen LogP contribution in [0.25, 0.3) is 0 Å². The molecule has 0 spiro atoms. The highest BCUT2D eigenvalue weighted by Crippen LogP contribution is 2.48. The number of carbonyl (C=O) groups excluding carboxylic acids is 1. The first-order valence-electron chi connectivity index (χ1n) is 12.0. The fraction of sp³-hybridized carbons (Fsp3) is 0.308. The smallest absolute Gasteiger partial charge is 0.278 e. The van der Waals surface area contributed by atoms with Gasteiger partial charge in [-0.2, -0.15) is 0 Å². The Hall–Kier alpha value is -4.12. The van der Waals surface area contributed by atoms with Crippen molar-refractivity contribution in [1.82, 2.24) is 9.58 Å². The van der Waals surface area contributed by atoms with E-state index in [0.29, 0.717) is 24.5 Å². The zero-order valence-corrected chi connectivity index (χ0v) is 19.6. The summed E-state index contributed by atoms with van der Waals surface area (Å²) in [5, 5.41) is 12.5. The van der Waals surface area contributed by atoms with Crippen molar-refractivity contribution in [2.24, 2.45) is 0 Å². The molecule has 3 aromatic rings. The lowest BCUT2D eigenvalue weighted by Crippen LogP contribution is -2.66. The molecule has 9 nitrogen and oxygen atoms in total. The lowest BCUT2D eigenvalue weighted by Gasteiger charge is -2.51. The van der Waals surface area contributed by atoms with Gasteiger partial charge in [-0.05, 0) is 17.7 Å². The van der Waals surface area contributed by atoms with E-state index < -0.39 is 40.9 Å². The average Bonchev–Trinajstić information content (AvgIpc) is 3.05. The summed E-state index contributed by atoms with van der Waals surface area (Å²) in [5.41, 5.74) is 1.34. The normalized spacial score (nSPS) is 21.9. The van der Waals surface area contributed by atoms with Gasteiger partial charge in [-0.3, -0.25) is 19.3 Å². The van der Waals surface area contributed by atoms with Crippen LogP contribution in [0.15, 0.2) is 47.4 Å². The van der Waals surface area contributed by atoms with Gasteiger partial charge in [0.2, 0.25) is 5.43 Å². The number of anilines is 1. The van der Waals surface area contributed by atoms with Crippen molar-refractivity contribution in [3.05, 3.63) is 86.8 Å². The molecule has 4 aliphatic rings. The molecule has 2 unspecified atom stereocenters. The van der Waals surface area contributed by atoms with Gasteiger partial charge in [0.15, 0.2) is 23.1 Å². The number of pyridine rings is 1. The van der Waals surface area contributed by atoms with E-state index in [4.69, 9.17) is 9.47 Å². The van der Waals surface area contributed by atoms with Crippen molar-refractivity contribution >= 4 is 11.6 Å². The lowest BCUT2D eigenvalue weighted by atomic mass is 9.92. The summed E-state index contributed by atoms with van der Waals surface area (Å²) in [6.07, 6.45) is 0.781. The van der Waals surface area contributed by atoms with Gasteiger partial charge in [-0.25, -0.2) is 8.78 Å². The number of rotatable bonds is 1. The maximum atomic E-state index is 15.4. The van der Waals surface area contributed by atoms with Gasteiger partial charge in [0.1, 0.15) is 24.6 Å². The maximum absolute atomic E-state index is 15.4. The van der Waals surface area contributed by atoms with Crippen LogP contribution in [0.1, 0.15) is 33.2 Å². The Labute approximate surface area is 209 Å². The molecule has 1 N–H and O–H groups in total. The van der Waals surface area contributed by atoms with Crippen molar-refractivity contribution in [2.75, 3.05) is 42.8 Å². The molecule has 0 aliphatic carbocycles. The van der Waals surface area contributed by atoms with Crippen molar-refractivity contribution < 1.29 is 28.2 Å². The number of aromatic hydroxyl groups is 1. The Kier molecular flexibility index (Phi) is 4.74. The van der Waals surface area contributed by atoms with Crippen LogP contribution in [0.3, 0.4) is 0 Å². The second kappa shape index (κ2) is 7.94. The number of hydrogen-bond donors (Lipinski definition) is 1. The first kappa shape index (κ1) is 22.1. The summed E-state index contributed by atoms with van der Waals surface area (Å²) in [7, 11) is 0. The molecule has 1 aromatic heterocycles. The first-order chi connectivity index (χ1) is 18.0. The molecular formula is C26H22F2N4O5. The van der Waals surface area contributed by atoms with Crippen LogP contribution >= 0.6 is 0 Å². The van der Waals surface area contributed by atoms with Crippen molar-refractivity contribution in [3.63, 3.8) is 0 Å². The zero-order chi connectivity index (χ0) is 25.4. The molecule has 0 bridgehead atoms. The molecule has 2 aromatic carbocycles. The third kappa shape index (κ3) is 3.03. The SMILES string of the molecule is O=C1c2c(O)c(=O)ccn2N(C2c3ccc(F)c(F)c3CN3CCOc4cccc2c43)C2COCCN12. The number of ether oxygens (including phenoxy) is 2. The number of benzene rings is 2. The Morgan fingerprint density at radius 2 is 1.86 bits per heavy atom. The first-order valence-corrected chi connectivity index (χ1v) is 12.0. The molecule has 1 saturated heterocycles. The minimum atomic E-state index is -0.949. The monoisotopic (exact) mass is 508 g/mol. The number of para-hydroxylation sites is 1. The minimum absolute atomic E-state index is 0.128. The van der Waals surface area contributed by atoms with Crippen LogP contribution in [-0.4, -0.2) is 59.7 Å². The average molecular weight is 508 g/mol. The minimum Gasteiger partial charge on any atom is -0.502 e. The van der Waals surface area contributed by atoms with Gasteiger partial charge in [-0.1, -0.05) is 18.2 Å². The van der Waals surface area contributed by atoms with Gasteiger partial charge < -0.3 is 24.4 Å². The van der Waals surface area contributed by atoms with Crippen LogP contribution in [0.5, 0.6) is 11.5 Å². The lowest BCUT2D eigenvalue weighted by molar-refractivity contribution is -0.0197. The predicted octanol–water partition coefficient (Wildman–Crippen LogP) is 2.08. The third-order valence-corrected chi connectivity index (χ3v) is 7.57. The van der Waals surface area contributed by atoms with E-state index >= 15 is 4.39 Å². The quantitative estimate of drug-likeness (QED) is 0.539. The van der Waals surface area contributed by atoms with E-state index in [9.17, 15) is 19.1 Å². The number of carbonyl (C=O) groups is 1. The highest BCUT2D eigenvalue weighted by atomic mass is 19.2. The summed E-state index contributed by atoms with van der Waals surface area (Å²) in [4.78, 5) is 29.3. The summed E-state index contributed by atoms with van der Waals surface area (Å²) < 4.78 is 43.1. The number of nitrogens with zero attached hydrogens (tertiary/aromatic N) is 4. The van der Waals surface area contributed by atoms with Crippen LogP contribution in [0.4, 0.5) is 14.5 Å². The highest BCUT2D eigenvalue weighted by molar-refractivity contribution is 5.96. The van der Waals surface area contributed by atoms with Crippen molar-refractivity contribution in [3.8, 4) is 11.5 Å². The number of fused-ring (bicyclic) bond motifs is 3. The summed E-state index contributed by atoms with van der Waals surface area (Å²) >= 11 is 0. The number of hydrogen-bond acceptors (Lipinski definition) is 7. The Bertz CT molecular complexity index is 1530. The van der Waals surface area contributed by atoms with Gasteiger partial charge >= 0.3 is 0 Å². The van der Waals surface area contributed by atoms with Crippen LogP contribution in [0, 0.1) is 11.6 Å². The Balaban J connectivity index is 1.56. The van der Waals surface area contributed by atoms with Crippen molar-refractivity contribution in [1.29, 1.82) is 0 Å². The van der Waals surface area contributed by atoms with E-state index in [1.165, 1.54) is 16.9 Å². The number of amides is 1. The molecule has 0 saturated carbocycles. The molecule has 7 rings (SSSR count). The third-order valence-electron chi connectivity index (χ3n) is 7.57. The van der Waals surface area contributed by atoms with Crippen LogP contribution < -0.4 is 20.1 Å². The molecule has 2 atom stereocenters. The molecule has 5 heterocycles. The molecule has 37 heavy (non-hydrogen) atoms. The summed E-state index contributed by atoms with van der Waals surface area (Å²) in [6, 6.07) is 8.67. The molecule has 11 heteroatoms. The second-order valence-corrected chi connectivity index (χ2v) is 9.45. The Morgan fingerprint density at radius 3 is 2.73 bits per heavy atom. The molecule has 4 aliphatic heterocycles. The molecule has 190 valence electrons. The second-order valence-electron chi connectivity index (χ2n) is 9.45. The van der Waals surface area contributed by atoms with Gasteiger partial charge in [0.25, 0.3) is 5.91 Å². The predicted molar refractivity (Wildman–Crippen MR) is 127 cm³/mol. The molecule has 1 fully saturated rings. The maximum Gasteiger partial charge on any atom is 0.278 e. The zero-order valence-electron chi connectivity index (χ0n) is 19.6.